The molecule has 2 rings (SSSR count). The summed E-state index contributed by atoms with van der Waals surface area (Å²) in [5, 5.41) is 0. The SMILES string of the molecule is Cc1cnc([C@@H]2CCON2)cn1.Cl. The molecule has 0 amide bonds. The summed E-state index contributed by atoms with van der Waals surface area (Å²) >= 11 is 0. The first kappa shape index (κ1) is 10.4. The Labute approximate surface area is 83.1 Å². The number of rotatable bonds is 1. The molecule has 1 aromatic rings. The Hall–Kier alpha value is -0.710. The second-order valence-electron chi connectivity index (χ2n) is 2.89. The van der Waals surface area contributed by atoms with E-state index in [2.05, 4.69) is 15.4 Å². The van der Waals surface area contributed by atoms with Crippen molar-refractivity contribution in [3.8, 4) is 0 Å². The van der Waals surface area contributed by atoms with Crippen LogP contribution in [0.3, 0.4) is 0 Å². The average Bonchev–Trinajstić information content (AvgIpc) is 2.58. The van der Waals surface area contributed by atoms with E-state index in [0.29, 0.717) is 0 Å². The van der Waals surface area contributed by atoms with Crippen LogP contribution < -0.4 is 5.48 Å². The number of hydrogen-bond acceptors (Lipinski definition) is 4. The Balaban J connectivity index is 0.000000845. The highest BCUT2D eigenvalue weighted by Crippen LogP contribution is 2.17. The highest BCUT2D eigenvalue weighted by molar-refractivity contribution is 5.85. The molecule has 0 saturated carbocycles. The lowest BCUT2D eigenvalue weighted by molar-refractivity contribution is 0.0876. The third kappa shape index (κ3) is 2.37. The first-order valence-electron chi connectivity index (χ1n) is 4.02. The predicted molar refractivity (Wildman–Crippen MR) is 50.5 cm³/mol. The largest absolute Gasteiger partial charge is 0.301 e. The van der Waals surface area contributed by atoms with Crippen LogP contribution in [0.2, 0.25) is 0 Å². The number of nitrogens with zero attached hydrogens (tertiary/aromatic N) is 2. The highest BCUT2D eigenvalue weighted by atomic mass is 35.5. The van der Waals surface area contributed by atoms with Crippen LogP contribution in [0, 0.1) is 6.92 Å². The quantitative estimate of drug-likeness (QED) is 0.741. The van der Waals surface area contributed by atoms with Crippen LogP contribution >= 0.6 is 12.4 Å². The topological polar surface area (TPSA) is 47.0 Å². The van der Waals surface area contributed by atoms with Crippen molar-refractivity contribution in [2.75, 3.05) is 6.61 Å². The molecule has 1 fully saturated rings. The van der Waals surface area contributed by atoms with Gasteiger partial charge in [-0.05, 0) is 13.3 Å². The lowest BCUT2D eigenvalue weighted by Gasteiger charge is -2.06. The molecule has 0 radical (unpaired) electrons. The Morgan fingerprint density at radius 1 is 1.46 bits per heavy atom. The van der Waals surface area contributed by atoms with Gasteiger partial charge in [0.2, 0.25) is 0 Å². The summed E-state index contributed by atoms with van der Waals surface area (Å²) < 4.78 is 0. The number of hydroxylamine groups is 1. The molecule has 0 aromatic carbocycles. The maximum Gasteiger partial charge on any atom is 0.0781 e. The van der Waals surface area contributed by atoms with Gasteiger partial charge in [-0.25, -0.2) is 0 Å². The van der Waals surface area contributed by atoms with E-state index < -0.39 is 0 Å². The minimum atomic E-state index is 0. The van der Waals surface area contributed by atoms with Crippen molar-refractivity contribution in [3.63, 3.8) is 0 Å². The van der Waals surface area contributed by atoms with E-state index in [4.69, 9.17) is 4.84 Å². The molecular weight excluding hydrogens is 190 g/mol. The third-order valence-electron chi connectivity index (χ3n) is 1.89. The van der Waals surface area contributed by atoms with Gasteiger partial charge >= 0.3 is 0 Å². The summed E-state index contributed by atoms with van der Waals surface area (Å²) in [5.41, 5.74) is 4.79. The normalized spacial score (nSPS) is 21.2. The average molecular weight is 202 g/mol. The van der Waals surface area contributed by atoms with Crippen molar-refractivity contribution in [2.24, 2.45) is 0 Å². The molecule has 0 bridgehead atoms. The Morgan fingerprint density at radius 3 is 2.85 bits per heavy atom. The maximum absolute atomic E-state index is 5.02. The van der Waals surface area contributed by atoms with Crippen molar-refractivity contribution in [1.29, 1.82) is 0 Å². The zero-order valence-electron chi connectivity index (χ0n) is 7.36. The molecule has 13 heavy (non-hydrogen) atoms. The van der Waals surface area contributed by atoms with Crippen LogP contribution in [0.1, 0.15) is 23.9 Å². The molecule has 1 atom stereocenters. The molecule has 2 heterocycles. The minimum Gasteiger partial charge on any atom is -0.301 e. The van der Waals surface area contributed by atoms with Crippen LogP contribution in [0.15, 0.2) is 12.4 Å². The van der Waals surface area contributed by atoms with Crippen molar-refractivity contribution < 1.29 is 4.84 Å². The fraction of sp³-hybridized carbons (Fsp3) is 0.500. The van der Waals surface area contributed by atoms with Crippen molar-refractivity contribution in [2.45, 2.75) is 19.4 Å². The van der Waals surface area contributed by atoms with Crippen LogP contribution in [-0.4, -0.2) is 16.6 Å². The molecule has 1 saturated heterocycles. The first-order chi connectivity index (χ1) is 5.86. The zero-order valence-corrected chi connectivity index (χ0v) is 8.17. The predicted octanol–water partition coefficient (Wildman–Crippen LogP) is 1.17. The summed E-state index contributed by atoms with van der Waals surface area (Å²) in [6.45, 7) is 2.68. The van der Waals surface area contributed by atoms with E-state index in [0.717, 1.165) is 24.4 Å². The standard InChI is InChI=1S/C8H11N3O.ClH/c1-6-4-10-8(5-9-6)7-2-3-12-11-7;/h4-5,7,11H,2-3H2,1H3;1H/t7-;/m0./s1. The van der Waals surface area contributed by atoms with Gasteiger partial charge in [-0.15, -0.1) is 12.4 Å². The van der Waals surface area contributed by atoms with Gasteiger partial charge in [0.15, 0.2) is 0 Å². The van der Waals surface area contributed by atoms with Gasteiger partial charge in [-0.1, -0.05) is 0 Å². The molecule has 1 aliphatic rings. The summed E-state index contributed by atoms with van der Waals surface area (Å²) in [5.74, 6) is 0. The summed E-state index contributed by atoms with van der Waals surface area (Å²) in [6.07, 6.45) is 4.54. The first-order valence-corrected chi connectivity index (χ1v) is 4.02. The molecular formula is C8H12ClN3O. The van der Waals surface area contributed by atoms with Gasteiger partial charge in [-0.3, -0.25) is 9.97 Å². The number of hydrogen-bond donors (Lipinski definition) is 1. The molecule has 1 N–H and O–H groups in total. The molecule has 4 nitrogen and oxygen atoms in total. The van der Waals surface area contributed by atoms with Gasteiger partial charge in [0, 0.05) is 6.20 Å². The number of halogens is 1. The van der Waals surface area contributed by atoms with E-state index in [1.165, 1.54) is 0 Å². The van der Waals surface area contributed by atoms with Gasteiger partial charge in [0.05, 0.1) is 30.2 Å². The molecule has 5 heteroatoms. The zero-order chi connectivity index (χ0) is 8.39. The van der Waals surface area contributed by atoms with Crippen molar-refractivity contribution in [1.82, 2.24) is 15.4 Å². The number of aryl methyl sites for hydroxylation is 1. The summed E-state index contributed by atoms with van der Waals surface area (Å²) in [7, 11) is 0. The van der Waals surface area contributed by atoms with E-state index in [9.17, 15) is 0 Å². The van der Waals surface area contributed by atoms with Crippen molar-refractivity contribution >= 4 is 12.4 Å². The van der Waals surface area contributed by atoms with Gasteiger partial charge in [0.25, 0.3) is 0 Å². The van der Waals surface area contributed by atoms with E-state index in [1.807, 2.05) is 6.92 Å². The Morgan fingerprint density at radius 2 is 2.31 bits per heavy atom. The molecule has 1 aromatic heterocycles. The van der Waals surface area contributed by atoms with Crippen LogP contribution in [-0.2, 0) is 4.84 Å². The Kier molecular flexibility index (Phi) is 3.59. The smallest absolute Gasteiger partial charge is 0.0781 e. The summed E-state index contributed by atoms with van der Waals surface area (Å²) in [6, 6.07) is 0.220. The van der Waals surface area contributed by atoms with E-state index in [1.54, 1.807) is 12.4 Å². The van der Waals surface area contributed by atoms with Crippen molar-refractivity contribution in [3.05, 3.63) is 23.8 Å². The fourth-order valence-corrected chi connectivity index (χ4v) is 1.19. The molecule has 0 spiro atoms. The van der Waals surface area contributed by atoms with E-state index >= 15 is 0 Å². The second kappa shape index (κ2) is 4.50. The monoisotopic (exact) mass is 201 g/mol. The fourth-order valence-electron chi connectivity index (χ4n) is 1.19. The number of nitrogens with one attached hydrogen (secondary N) is 1. The molecule has 0 unspecified atom stereocenters. The van der Waals surface area contributed by atoms with Gasteiger partial charge in [0.1, 0.15) is 0 Å². The Bertz CT molecular complexity index is 259. The second-order valence-corrected chi connectivity index (χ2v) is 2.89. The van der Waals surface area contributed by atoms with Crippen LogP contribution in [0.4, 0.5) is 0 Å². The highest BCUT2D eigenvalue weighted by Gasteiger charge is 2.18. The van der Waals surface area contributed by atoms with Gasteiger partial charge in [-0.2, -0.15) is 5.48 Å². The molecule has 72 valence electrons. The number of aromatic nitrogens is 2. The summed E-state index contributed by atoms with van der Waals surface area (Å²) in [4.78, 5) is 13.4. The van der Waals surface area contributed by atoms with E-state index in [-0.39, 0.29) is 18.4 Å². The maximum atomic E-state index is 5.02. The van der Waals surface area contributed by atoms with Crippen LogP contribution in [0.5, 0.6) is 0 Å². The van der Waals surface area contributed by atoms with Crippen LogP contribution in [0.25, 0.3) is 0 Å². The third-order valence-corrected chi connectivity index (χ3v) is 1.89. The minimum absolute atomic E-state index is 0. The van der Waals surface area contributed by atoms with Gasteiger partial charge < -0.3 is 4.84 Å². The lowest BCUT2D eigenvalue weighted by Crippen LogP contribution is -2.13. The molecule has 0 aliphatic carbocycles. The lowest BCUT2D eigenvalue weighted by atomic mass is 10.2. The molecule has 1 aliphatic heterocycles.